The number of benzene rings is 2. The van der Waals surface area contributed by atoms with Crippen LogP contribution in [-0.4, -0.2) is 36.1 Å². The summed E-state index contributed by atoms with van der Waals surface area (Å²) in [6.07, 6.45) is -1.31. The van der Waals surface area contributed by atoms with Crippen LogP contribution < -0.4 is 16.4 Å². The highest BCUT2D eigenvalue weighted by molar-refractivity contribution is 6.00. The molecule has 9 heteroatoms. The number of amides is 1. The van der Waals surface area contributed by atoms with Gasteiger partial charge in [-0.3, -0.25) is 10.2 Å². The Labute approximate surface area is 179 Å². The molecule has 8 nitrogen and oxygen atoms in total. The number of carbonyl (C=O) groups excluding carboxylic acids is 1. The van der Waals surface area contributed by atoms with Crippen molar-refractivity contribution < 1.29 is 13.9 Å². The van der Waals surface area contributed by atoms with Gasteiger partial charge in [-0.25, -0.2) is 4.39 Å². The predicted octanol–water partition coefficient (Wildman–Crippen LogP) is 2.15. The summed E-state index contributed by atoms with van der Waals surface area (Å²) in [5.41, 5.74) is 14.9. The van der Waals surface area contributed by atoms with Gasteiger partial charge in [0.25, 0.3) is 5.91 Å². The third-order valence-electron chi connectivity index (χ3n) is 5.05. The van der Waals surface area contributed by atoms with E-state index in [0.717, 1.165) is 0 Å². The molecule has 1 aliphatic rings. The molecule has 2 aromatic rings. The molecule has 0 aromatic heterocycles. The Morgan fingerprint density at radius 2 is 2.06 bits per heavy atom. The first kappa shape index (κ1) is 22.0. The fraction of sp³-hybridized carbons (Fsp3) is 0.227. The van der Waals surface area contributed by atoms with E-state index in [2.05, 4.69) is 0 Å². The smallest absolute Gasteiger partial charge is 0.255 e. The van der Waals surface area contributed by atoms with Crippen LogP contribution in [0.5, 0.6) is 0 Å². The lowest BCUT2D eigenvalue weighted by atomic mass is 10.1. The van der Waals surface area contributed by atoms with E-state index in [4.69, 9.17) is 26.9 Å². The summed E-state index contributed by atoms with van der Waals surface area (Å²) >= 11 is 0. The zero-order valence-corrected chi connectivity index (χ0v) is 17.0. The molecule has 1 unspecified atom stereocenters. The van der Waals surface area contributed by atoms with E-state index in [0.29, 0.717) is 33.8 Å². The van der Waals surface area contributed by atoms with E-state index in [1.807, 2.05) is 24.0 Å². The Morgan fingerprint density at radius 3 is 2.68 bits per heavy atom. The number of rotatable bonds is 6. The average molecular weight is 422 g/mol. The molecule has 5 N–H and O–H groups in total. The highest BCUT2D eigenvalue weighted by Crippen LogP contribution is 2.28. The molecule has 0 aliphatic carbocycles. The van der Waals surface area contributed by atoms with Crippen LogP contribution in [0.1, 0.15) is 23.6 Å². The summed E-state index contributed by atoms with van der Waals surface area (Å²) in [6.45, 7) is 1.53. The van der Waals surface area contributed by atoms with Crippen LogP contribution in [0.2, 0.25) is 0 Å². The number of nitriles is 1. The van der Waals surface area contributed by atoms with E-state index in [9.17, 15) is 9.18 Å². The highest BCUT2D eigenvalue weighted by atomic mass is 19.1. The van der Waals surface area contributed by atoms with Crippen LogP contribution in [0, 0.1) is 16.7 Å². The predicted molar refractivity (Wildman–Crippen MR) is 114 cm³/mol. The minimum absolute atomic E-state index is 0.0619. The van der Waals surface area contributed by atoms with E-state index in [1.54, 1.807) is 42.5 Å². The van der Waals surface area contributed by atoms with Gasteiger partial charge in [0, 0.05) is 16.9 Å². The molecule has 0 fully saturated rings. The van der Waals surface area contributed by atoms with Crippen molar-refractivity contribution in [2.75, 3.05) is 18.2 Å². The van der Waals surface area contributed by atoms with Crippen LogP contribution in [0.4, 0.5) is 10.1 Å². The topological polar surface area (TPSA) is 132 Å². The second kappa shape index (κ2) is 9.38. The average Bonchev–Trinajstić information content (AvgIpc) is 2.80. The van der Waals surface area contributed by atoms with Gasteiger partial charge in [-0.05, 0) is 48.9 Å². The zero-order chi connectivity index (χ0) is 22.5. The van der Waals surface area contributed by atoms with Crippen LogP contribution in [-0.2, 0) is 16.2 Å². The van der Waals surface area contributed by atoms with Gasteiger partial charge < -0.3 is 26.0 Å². The summed E-state index contributed by atoms with van der Waals surface area (Å²) in [7, 11) is 0. The maximum Gasteiger partial charge on any atom is 0.255 e. The molecule has 3 rings (SSSR count). The zero-order valence-electron chi connectivity index (χ0n) is 17.0. The van der Waals surface area contributed by atoms with E-state index in [1.165, 1.54) is 4.90 Å². The molecular formula is C22H23FN6O2. The Kier molecular flexibility index (Phi) is 6.65. The van der Waals surface area contributed by atoms with Gasteiger partial charge in [-0.1, -0.05) is 12.1 Å². The number of ether oxygens (including phenoxy) is 1. The van der Waals surface area contributed by atoms with E-state index >= 15 is 0 Å². The maximum absolute atomic E-state index is 13.1. The van der Waals surface area contributed by atoms with Crippen molar-refractivity contribution in [3.8, 4) is 6.07 Å². The Morgan fingerprint density at radius 1 is 1.35 bits per heavy atom. The van der Waals surface area contributed by atoms with Crippen molar-refractivity contribution in [2.24, 2.45) is 11.5 Å². The van der Waals surface area contributed by atoms with Gasteiger partial charge in [0.1, 0.15) is 19.2 Å². The third-order valence-corrected chi connectivity index (χ3v) is 5.05. The number of nitrogens with zero attached hydrogens (tertiary/aromatic N) is 3. The lowest BCUT2D eigenvalue weighted by Crippen LogP contribution is -2.55. The van der Waals surface area contributed by atoms with Crippen LogP contribution >= 0.6 is 0 Å². The van der Waals surface area contributed by atoms with Crippen LogP contribution in [0.3, 0.4) is 0 Å². The van der Waals surface area contributed by atoms with Gasteiger partial charge in [0.15, 0.2) is 6.17 Å². The molecule has 0 saturated carbocycles. The molecule has 0 saturated heterocycles. The van der Waals surface area contributed by atoms with E-state index < -0.39 is 18.7 Å². The molecule has 1 aliphatic heterocycles. The standard InChI is InChI=1S/C22H23FN6O2/c1-14-19(12-31-13-28(14)18-4-2-3-16(9-18)10-23)29(21(26)22(27)30)20(25)17-7-5-15(11-24)6-8-17/h2-9,21,25H,10,12-13,26H2,1H3,(H2,27,30). The summed E-state index contributed by atoms with van der Waals surface area (Å²) in [4.78, 5) is 15.1. The van der Waals surface area contributed by atoms with Crippen molar-refractivity contribution >= 4 is 17.4 Å². The number of carbonyl (C=O) groups is 1. The molecule has 2 aromatic carbocycles. The van der Waals surface area contributed by atoms with Crippen molar-refractivity contribution in [2.45, 2.75) is 19.8 Å². The summed E-state index contributed by atoms with van der Waals surface area (Å²) in [5.74, 6) is -0.872. The summed E-state index contributed by atoms with van der Waals surface area (Å²) in [6, 6.07) is 15.3. The molecule has 1 atom stereocenters. The van der Waals surface area contributed by atoms with E-state index in [-0.39, 0.29) is 19.2 Å². The first-order valence-electron chi connectivity index (χ1n) is 9.50. The van der Waals surface area contributed by atoms with Gasteiger partial charge in [0.05, 0.1) is 23.9 Å². The third kappa shape index (κ3) is 4.55. The van der Waals surface area contributed by atoms with Crippen molar-refractivity contribution in [1.29, 1.82) is 10.7 Å². The molecule has 0 bridgehead atoms. The normalized spacial score (nSPS) is 14.7. The monoisotopic (exact) mass is 422 g/mol. The molecule has 31 heavy (non-hydrogen) atoms. The minimum atomic E-state index is -1.31. The number of nitrogens with one attached hydrogen (secondary N) is 1. The second-order valence-corrected chi connectivity index (χ2v) is 7.00. The lowest BCUT2D eigenvalue weighted by Gasteiger charge is -2.39. The number of alkyl halides is 1. The first-order chi connectivity index (χ1) is 14.9. The fourth-order valence-electron chi connectivity index (χ4n) is 3.32. The van der Waals surface area contributed by atoms with Gasteiger partial charge in [-0.15, -0.1) is 0 Å². The van der Waals surface area contributed by atoms with Gasteiger partial charge >= 0.3 is 0 Å². The summed E-state index contributed by atoms with van der Waals surface area (Å²) in [5, 5.41) is 17.7. The van der Waals surface area contributed by atoms with Gasteiger partial charge in [0.2, 0.25) is 0 Å². The molecule has 1 heterocycles. The van der Waals surface area contributed by atoms with Crippen LogP contribution in [0.15, 0.2) is 59.9 Å². The fourth-order valence-corrected chi connectivity index (χ4v) is 3.32. The Hall–Kier alpha value is -3.74. The van der Waals surface area contributed by atoms with Crippen molar-refractivity contribution in [3.63, 3.8) is 0 Å². The second-order valence-electron chi connectivity index (χ2n) is 7.00. The molecule has 0 radical (unpaired) electrons. The summed E-state index contributed by atoms with van der Waals surface area (Å²) < 4.78 is 18.8. The van der Waals surface area contributed by atoms with Crippen molar-refractivity contribution in [1.82, 2.24) is 4.90 Å². The maximum atomic E-state index is 13.1. The Bertz CT molecular complexity index is 1060. The molecule has 1 amide bonds. The molecule has 160 valence electrons. The number of allylic oxidation sites excluding steroid dienone is 1. The lowest BCUT2D eigenvalue weighted by molar-refractivity contribution is -0.121. The largest absolute Gasteiger partial charge is 0.367 e. The number of amidine groups is 1. The minimum Gasteiger partial charge on any atom is -0.367 e. The number of halogens is 1. The number of hydrogen-bond donors (Lipinski definition) is 3. The number of hydrogen-bond acceptors (Lipinski definition) is 6. The number of primary amides is 1. The number of anilines is 1. The number of nitrogens with two attached hydrogens (primary N) is 2. The Balaban J connectivity index is 2.05. The highest BCUT2D eigenvalue weighted by Gasteiger charge is 2.31. The first-order valence-corrected chi connectivity index (χ1v) is 9.50. The van der Waals surface area contributed by atoms with Crippen molar-refractivity contribution in [3.05, 3.63) is 76.6 Å². The van der Waals surface area contributed by atoms with Gasteiger partial charge in [-0.2, -0.15) is 5.26 Å². The molecule has 0 spiro atoms. The quantitative estimate of drug-likeness (QED) is 0.371. The molecular weight excluding hydrogens is 399 g/mol. The SMILES string of the molecule is CC1=C(N(C(=N)c2ccc(C#N)cc2)C(N)C(N)=O)COCN1c1cccc(CF)c1. The van der Waals surface area contributed by atoms with Crippen LogP contribution in [0.25, 0.3) is 0 Å².